The Morgan fingerprint density at radius 2 is 2.23 bits per heavy atom. The molecule has 0 aliphatic rings. The zero-order valence-electron chi connectivity index (χ0n) is 14.1. The molecule has 0 atom stereocenters. The average molecular weight is 359 g/mol. The molecule has 2 aromatic rings. The molecule has 1 aromatic carbocycles. The molecule has 0 fully saturated rings. The van der Waals surface area contributed by atoms with Gasteiger partial charge >= 0.3 is 6.09 Å². The van der Waals surface area contributed by atoms with Gasteiger partial charge in [0.15, 0.2) is 0 Å². The van der Waals surface area contributed by atoms with Crippen LogP contribution < -0.4 is 10.2 Å². The third-order valence-corrected chi connectivity index (χ3v) is 3.81. The topological polar surface area (TPSA) is 111 Å². The molecule has 2 N–H and O–H groups in total. The fraction of sp³-hybridized carbons (Fsp3) is 0.294. The number of carbonyl (C=O) groups excluding carboxylic acids is 1. The molecule has 26 heavy (non-hydrogen) atoms. The molecule has 0 bridgehead atoms. The Morgan fingerprint density at radius 1 is 1.46 bits per heavy atom. The highest BCUT2D eigenvalue weighted by molar-refractivity contribution is 5.93. The number of imidazole rings is 1. The lowest BCUT2D eigenvalue weighted by atomic mass is 10.1. The zero-order valence-corrected chi connectivity index (χ0v) is 14.1. The van der Waals surface area contributed by atoms with Crippen molar-refractivity contribution in [3.63, 3.8) is 0 Å². The lowest BCUT2D eigenvalue weighted by Gasteiger charge is -2.23. The summed E-state index contributed by atoms with van der Waals surface area (Å²) in [6, 6.07) is 5.67. The maximum absolute atomic E-state index is 13.9. The number of aryl methyl sites for hydroxylation is 1. The summed E-state index contributed by atoms with van der Waals surface area (Å²) in [5.41, 5.74) is 1.09. The monoisotopic (exact) mass is 359 g/mol. The van der Waals surface area contributed by atoms with Crippen molar-refractivity contribution < 1.29 is 19.1 Å². The van der Waals surface area contributed by atoms with Crippen LogP contribution in [-0.4, -0.2) is 39.7 Å². The Hall–Kier alpha value is -3.41. The van der Waals surface area contributed by atoms with Crippen molar-refractivity contribution >= 4 is 17.7 Å². The highest BCUT2D eigenvalue weighted by atomic mass is 19.1. The summed E-state index contributed by atoms with van der Waals surface area (Å²) in [4.78, 5) is 28.4. The average Bonchev–Trinajstić information content (AvgIpc) is 3.00. The maximum Gasteiger partial charge on any atom is 0.404 e. The summed E-state index contributed by atoms with van der Waals surface area (Å²) in [7, 11) is 1.83. The molecule has 0 aliphatic carbocycles. The van der Waals surface area contributed by atoms with Gasteiger partial charge in [0.2, 0.25) is 5.91 Å². The second-order valence-corrected chi connectivity index (χ2v) is 5.55. The van der Waals surface area contributed by atoms with Crippen LogP contribution in [0.5, 0.6) is 0 Å². The van der Waals surface area contributed by atoms with Crippen molar-refractivity contribution in [2.45, 2.75) is 12.8 Å². The number of halogens is 1. The minimum atomic E-state index is -1.22. The van der Waals surface area contributed by atoms with Crippen molar-refractivity contribution in [2.24, 2.45) is 7.05 Å². The van der Waals surface area contributed by atoms with E-state index >= 15 is 0 Å². The first kappa shape index (κ1) is 18.9. The summed E-state index contributed by atoms with van der Waals surface area (Å²) in [5, 5.41) is 19.6. The Bertz CT molecular complexity index is 843. The van der Waals surface area contributed by atoms with Gasteiger partial charge in [0, 0.05) is 50.6 Å². The smallest absolute Gasteiger partial charge is 0.404 e. The number of benzene rings is 1. The Morgan fingerprint density at radius 3 is 2.81 bits per heavy atom. The number of anilines is 1. The number of nitrogens with zero attached hydrogens (tertiary/aromatic N) is 4. The van der Waals surface area contributed by atoms with Gasteiger partial charge in [-0.3, -0.25) is 4.79 Å². The van der Waals surface area contributed by atoms with Gasteiger partial charge in [-0.25, -0.2) is 14.2 Å². The number of nitrogens with one attached hydrogen (secondary N) is 1. The summed E-state index contributed by atoms with van der Waals surface area (Å²) >= 11 is 0. The van der Waals surface area contributed by atoms with Gasteiger partial charge in [-0.15, -0.1) is 0 Å². The van der Waals surface area contributed by atoms with Crippen molar-refractivity contribution in [2.75, 3.05) is 18.0 Å². The van der Waals surface area contributed by atoms with Crippen LogP contribution in [0.15, 0.2) is 30.7 Å². The summed E-state index contributed by atoms with van der Waals surface area (Å²) in [5.74, 6) is -1.07. The highest BCUT2D eigenvalue weighted by Gasteiger charge is 2.18. The second kappa shape index (κ2) is 8.62. The van der Waals surface area contributed by atoms with Crippen LogP contribution in [0.25, 0.3) is 0 Å². The Balaban J connectivity index is 2.18. The molecular weight excluding hydrogens is 341 g/mol. The first-order valence-corrected chi connectivity index (χ1v) is 7.84. The van der Waals surface area contributed by atoms with Gasteiger partial charge in [0.1, 0.15) is 11.9 Å². The largest absolute Gasteiger partial charge is 0.465 e. The van der Waals surface area contributed by atoms with Gasteiger partial charge in [-0.2, -0.15) is 5.26 Å². The standard InChI is InChI=1S/C17H18FN5O3/c1-22-11-20-10-14(22)5-7-23(16(24)4-6-21-17(25)26)13-3-2-12(9-19)15(18)8-13/h2-3,8,10-11,21H,4-7H2,1H3,(H,25,26). The summed E-state index contributed by atoms with van der Waals surface area (Å²) in [6.45, 7) is 0.214. The van der Waals surface area contributed by atoms with E-state index in [-0.39, 0.29) is 31.0 Å². The molecule has 0 saturated carbocycles. The highest BCUT2D eigenvalue weighted by Crippen LogP contribution is 2.20. The molecular formula is C17H18FN5O3. The van der Waals surface area contributed by atoms with E-state index in [1.807, 2.05) is 11.6 Å². The minimum Gasteiger partial charge on any atom is -0.465 e. The van der Waals surface area contributed by atoms with Crippen molar-refractivity contribution in [1.29, 1.82) is 5.26 Å². The van der Waals surface area contributed by atoms with Crippen LogP contribution in [0.4, 0.5) is 14.9 Å². The quantitative estimate of drug-likeness (QED) is 0.781. The van der Waals surface area contributed by atoms with Gasteiger partial charge in [-0.05, 0) is 18.2 Å². The molecule has 1 heterocycles. The lowest BCUT2D eigenvalue weighted by molar-refractivity contribution is -0.118. The number of aromatic nitrogens is 2. The maximum atomic E-state index is 13.9. The number of hydrogen-bond acceptors (Lipinski definition) is 4. The molecule has 136 valence electrons. The Kier molecular flexibility index (Phi) is 6.27. The number of amides is 2. The second-order valence-electron chi connectivity index (χ2n) is 5.55. The van der Waals surface area contributed by atoms with Crippen molar-refractivity contribution in [3.8, 4) is 6.07 Å². The first-order valence-electron chi connectivity index (χ1n) is 7.84. The van der Waals surface area contributed by atoms with Gasteiger partial charge in [0.25, 0.3) is 0 Å². The summed E-state index contributed by atoms with van der Waals surface area (Å²) < 4.78 is 15.8. The van der Waals surface area contributed by atoms with Crippen LogP contribution in [0.1, 0.15) is 17.7 Å². The molecule has 0 aliphatic heterocycles. The number of rotatable bonds is 7. The molecule has 0 saturated heterocycles. The minimum absolute atomic E-state index is 0.0465. The third kappa shape index (κ3) is 4.80. The summed E-state index contributed by atoms with van der Waals surface area (Å²) in [6.07, 6.45) is 2.51. The Labute approximate surface area is 149 Å². The molecule has 0 spiro atoms. The SMILES string of the molecule is Cn1cncc1CCN(C(=O)CCNC(=O)O)c1ccc(C#N)c(F)c1. The van der Waals surface area contributed by atoms with Gasteiger partial charge in [0.05, 0.1) is 11.9 Å². The third-order valence-electron chi connectivity index (χ3n) is 3.81. The number of nitriles is 1. The van der Waals surface area contributed by atoms with Crippen LogP contribution >= 0.6 is 0 Å². The molecule has 0 radical (unpaired) electrons. The molecule has 0 unspecified atom stereocenters. The van der Waals surface area contributed by atoms with Crippen LogP contribution in [0, 0.1) is 17.1 Å². The molecule has 2 rings (SSSR count). The van der Waals surface area contributed by atoms with Crippen LogP contribution in [-0.2, 0) is 18.3 Å². The first-order chi connectivity index (χ1) is 12.4. The van der Waals surface area contributed by atoms with E-state index in [4.69, 9.17) is 10.4 Å². The van der Waals surface area contributed by atoms with Crippen LogP contribution in [0.3, 0.4) is 0 Å². The molecule has 8 nitrogen and oxygen atoms in total. The van der Waals surface area contributed by atoms with E-state index in [0.717, 1.165) is 11.8 Å². The normalized spacial score (nSPS) is 10.2. The van der Waals surface area contributed by atoms with E-state index in [9.17, 15) is 14.0 Å². The van der Waals surface area contributed by atoms with Gasteiger partial charge in [-0.1, -0.05) is 0 Å². The predicted octanol–water partition coefficient (Wildman–Crippen LogP) is 1.66. The zero-order chi connectivity index (χ0) is 19.1. The van der Waals surface area contributed by atoms with Crippen LogP contribution in [0.2, 0.25) is 0 Å². The van der Waals surface area contributed by atoms with E-state index < -0.39 is 11.9 Å². The molecule has 2 amide bonds. The molecule has 9 heteroatoms. The number of carbonyl (C=O) groups is 2. The number of carboxylic acid groups (broad SMARTS) is 1. The van der Waals surface area contributed by atoms with E-state index in [2.05, 4.69) is 10.3 Å². The van der Waals surface area contributed by atoms with E-state index in [0.29, 0.717) is 12.1 Å². The lowest BCUT2D eigenvalue weighted by Crippen LogP contribution is -2.36. The predicted molar refractivity (Wildman–Crippen MR) is 91.0 cm³/mol. The van der Waals surface area contributed by atoms with E-state index in [1.165, 1.54) is 17.0 Å². The van der Waals surface area contributed by atoms with Crippen molar-refractivity contribution in [1.82, 2.24) is 14.9 Å². The fourth-order valence-electron chi connectivity index (χ4n) is 2.42. The fourth-order valence-corrected chi connectivity index (χ4v) is 2.42. The van der Waals surface area contributed by atoms with Crippen molar-refractivity contribution in [3.05, 3.63) is 47.8 Å². The number of hydrogen-bond donors (Lipinski definition) is 2. The molecule has 1 aromatic heterocycles. The van der Waals surface area contributed by atoms with E-state index in [1.54, 1.807) is 18.6 Å². The van der Waals surface area contributed by atoms with Gasteiger partial charge < -0.3 is 19.9 Å².